The van der Waals surface area contributed by atoms with Crippen molar-refractivity contribution < 1.29 is 4.79 Å². The van der Waals surface area contributed by atoms with Crippen LogP contribution in [0.15, 0.2) is 48.5 Å². The summed E-state index contributed by atoms with van der Waals surface area (Å²) in [5, 5.41) is 13.3. The molecule has 0 aliphatic carbocycles. The molecule has 0 fully saturated rings. The first-order valence-corrected chi connectivity index (χ1v) is 9.43. The van der Waals surface area contributed by atoms with Gasteiger partial charge in [-0.15, -0.1) is 5.10 Å². The number of pyridine rings is 1. The molecule has 1 amide bonds. The van der Waals surface area contributed by atoms with Gasteiger partial charge in [-0.3, -0.25) is 4.79 Å². The van der Waals surface area contributed by atoms with E-state index in [1.807, 2.05) is 23.1 Å². The Balaban J connectivity index is 1.69. The highest BCUT2D eigenvalue weighted by atomic mass is 16.2. The van der Waals surface area contributed by atoms with Gasteiger partial charge in [0, 0.05) is 31.0 Å². The highest BCUT2D eigenvalue weighted by Gasteiger charge is 2.16. The van der Waals surface area contributed by atoms with Crippen LogP contribution >= 0.6 is 0 Å². The Labute approximate surface area is 163 Å². The van der Waals surface area contributed by atoms with E-state index in [1.54, 1.807) is 11.4 Å². The summed E-state index contributed by atoms with van der Waals surface area (Å²) in [6.07, 6.45) is 0.813. The summed E-state index contributed by atoms with van der Waals surface area (Å²) in [5.74, 6) is 0.0433. The Morgan fingerprint density at radius 2 is 1.82 bits per heavy atom. The zero-order valence-corrected chi connectivity index (χ0v) is 16.4. The van der Waals surface area contributed by atoms with E-state index < -0.39 is 0 Å². The van der Waals surface area contributed by atoms with Crippen LogP contribution in [0.5, 0.6) is 0 Å². The van der Waals surface area contributed by atoms with E-state index in [0.29, 0.717) is 18.7 Å². The van der Waals surface area contributed by atoms with Gasteiger partial charge in [-0.1, -0.05) is 30.3 Å². The lowest BCUT2D eigenvalue weighted by molar-refractivity contribution is -0.129. The van der Waals surface area contributed by atoms with Crippen LogP contribution in [0.4, 0.5) is 0 Å². The molecule has 0 radical (unpaired) electrons. The lowest BCUT2D eigenvalue weighted by Crippen LogP contribution is -2.30. The van der Waals surface area contributed by atoms with Crippen molar-refractivity contribution in [2.75, 3.05) is 6.54 Å². The van der Waals surface area contributed by atoms with Crippen LogP contribution in [0.25, 0.3) is 16.6 Å². The van der Waals surface area contributed by atoms with E-state index in [0.717, 1.165) is 22.9 Å². The molecule has 0 N–H and O–H groups in total. The average Bonchev–Trinajstić information content (AvgIpc) is 3.17. The number of aromatic nitrogens is 4. The van der Waals surface area contributed by atoms with Crippen molar-refractivity contribution in [1.29, 1.82) is 0 Å². The Hall–Kier alpha value is -3.28. The number of amides is 1. The molecule has 0 unspecified atom stereocenters. The fraction of sp³-hybridized carbons (Fsp3) is 0.273. The maximum atomic E-state index is 12.3. The molecule has 2 aromatic carbocycles. The van der Waals surface area contributed by atoms with Crippen LogP contribution in [0, 0.1) is 13.8 Å². The number of hydrogen-bond donors (Lipinski definition) is 0. The summed E-state index contributed by atoms with van der Waals surface area (Å²) in [7, 11) is 0. The van der Waals surface area contributed by atoms with Crippen molar-refractivity contribution in [3.05, 3.63) is 70.8 Å². The molecule has 0 atom stereocenters. The molecular weight excluding hydrogens is 350 g/mol. The number of benzene rings is 2. The first-order valence-electron chi connectivity index (χ1n) is 9.43. The third-order valence-corrected chi connectivity index (χ3v) is 5.28. The van der Waals surface area contributed by atoms with E-state index in [-0.39, 0.29) is 5.91 Å². The van der Waals surface area contributed by atoms with E-state index in [2.05, 4.69) is 59.7 Å². The summed E-state index contributed by atoms with van der Waals surface area (Å²) in [4.78, 5) is 14.1. The van der Waals surface area contributed by atoms with Gasteiger partial charge in [-0.2, -0.15) is 4.52 Å². The third-order valence-electron chi connectivity index (χ3n) is 5.28. The van der Waals surface area contributed by atoms with Crippen LogP contribution in [-0.2, 0) is 17.8 Å². The monoisotopic (exact) mass is 373 g/mol. The summed E-state index contributed by atoms with van der Waals surface area (Å²) >= 11 is 0. The summed E-state index contributed by atoms with van der Waals surface area (Å²) < 4.78 is 1.77. The molecule has 0 aliphatic rings. The SMILES string of the molecule is CC(=O)N(CCc1ccccc1)Cc1cc2cc(C)c(C)cc2n2nnnc12. The molecule has 2 aromatic heterocycles. The van der Waals surface area contributed by atoms with Crippen molar-refractivity contribution >= 4 is 22.5 Å². The molecular formula is C22H23N5O. The van der Waals surface area contributed by atoms with Crippen LogP contribution in [-0.4, -0.2) is 37.4 Å². The number of tetrazole rings is 1. The van der Waals surface area contributed by atoms with Crippen molar-refractivity contribution in [2.45, 2.75) is 33.7 Å². The highest BCUT2D eigenvalue weighted by molar-refractivity contribution is 5.84. The van der Waals surface area contributed by atoms with Crippen LogP contribution in [0.1, 0.15) is 29.2 Å². The van der Waals surface area contributed by atoms with Gasteiger partial charge in [-0.25, -0.2) is 0 Å². The molecule has 0 aliphatic heterocycles. The first-order chi connectivity index (χ1) is 13.5. The van der Waals surface area contributed by atoms with E-state index >= 15 is 0 Å². The minimum absolute atomic E-state index is 0.0433. The number of fused-ring (bicyclic) bond motifs is 3. The van der Waals surface area contributed by atoms with Crippen molar-refractivity contribution in [2.24, 2.45) is 0 Å². The molecule has 0 spiro atoms. The molecule has 6 nitrogen and oxygen atoms in total. The van der Waals surface area contributed by atoms with Crippen molar-refractivity contribution in [1.82, 2.24) is 24.9 Å². The maximum Gasteiger partial charge on any atom is 0.219 e. The molecule has 142 valence electrons. The van der Waals surface area contributed by atoms with Gasteiger partial charge in [0.2, 0.25) is 5.91 Å². The zero-order valence-electron chi connectivity index (χ0n) is 16.4. The van der Waals surface area contributed by atoms with Crippen LogP contribution in [0.2, 0.25) is 0 Å². The van der Waals surface area contributed by atoms with Crippen LogP contribution in [0.3, 0.4) is 0 Å². The normalized spacial score (nSPS) is 11.2. The first kappa shape index (κ1) is 18.1. The lowest BCUT2D eigenvalue weighted by Gasteiger charge is -2.21. The fourth-order valence-corrected chi connectivity index (χ4v) is 3.50. The zero-order chi connectivity index (χ0) is 19.7. The minimum atomic E-state index is 0.0433. The van der Waals surface area contributed by atoms with E-state index in [4.69, 9.17) is 0 Å². The largest absolute Gasteiger partial charge is 0.338 e. The lowest BCUT2D eigenvalue weighted by atomic mass is 10.0. The number of carbonyl (C=O) groups is 1. The molecule has 0 saturated carbocycles. The maximum absolute atomic E-state index is 12.3. The molecule has 2 heterocycles. The Kier molecular flexibility index (Phi) is 4.77. The Morgan fingerprint density at radius 1 is 1.07 bits per heavy atom. The standard InChI is InChI=1S/C22H23N5O/c1-15-11-19-13-20(22-23-24-25-27(22)21(19)12-16(15)2)14-26(17(3)28)10-9-18-7-5-4-6-8-18/h4-8,11-13H,9-10,14H2,1-3H3. The second-order valence-electron chi connectivity index (χ2n) is 7.26. The second kappa shape index (κ2) is 7.38. The van der Waals surface area contributed by atoms with Gasteiger partial charge in [0.25, 0.3) is 0 Å². The number of hydrogen-bond acceptors (Lipinski definition) is 4. The van der Waals surface area contributed by atoms with Gasteiger partial charge in [0.1, 0.15) is 0 Å². The number of carbonyl (C=O) groups excluding carboxylic acids is 1. The molecule has 4 aromatic rings. The van der Waals surface area contributed by atoms with Crippen LogP contribution < -0.4 is 0 Å². The molecule has 28 heavy (non-hydrogen) atoms. The molecule has 0 saturated heterocycles. The quantitative estimate of drug-likeness (QED) is 0.537. The number of rotatable bonds is 5. The topological polar surface area (TPSA) is 63.4 Å². The minimum Gasteiger partial charge on any atom is -0.338 e. The van der Waals surface area contributed by atoms with E-state index in [9.17, 15) is 4.79 Å². The second-order valence-corrected chi connectivity index (χ2v) is 7.26. The van der Waals surface area contributed by atoms with E-state index in [1.165, 1.54) is 16.7 Å². The number of nitrogens with zero attached hydrogens (tertiary/aromatic N) is 5. The summed E-state index contributed by atoms with van der Waals surface area (Å²) in [6.45, 7) is 6.92. The van der Waals surface area contributed by atoms with Gasteiger partial charge in [0.05, 0.1) is 5.52 Å². The Morgan fingerprint density at radius 3 is 2.57 bits per heavy atom. The third kappa shape index (κ3) is 3.45. The predicted octanol–water partition coefficient (Wildman–Crippen LogP) is 3.49. The molecule has 4 rings (SSSR count). The van der Waals surface area contributed by atoms with Crippen molar-refractivity contribution in [3.8, 4) is 0 Å². The van der Waals surface area contributed by atoms with Crippen molar-refractivity contribution in [3.63, 3.8) is 0 Å². The fourth-order valence-electron chi connectivity index (χ4n) is 3.50. The average molecular weight is 373 g/mol. The van der Waals surface area contributed by atoms with Gasteiger partial charge in [0.15, 0.2) is 5.65 Å². The summed E-state index contributed by atoms with van der Waals surface area (Å²) in [6, 6.07) is 16.6. The molecule has 6 heteroatoms. The predicted molar refractivity (Wildman–Crippen MR) is 109 cm³/mol. The number of aryl methyl sites for hydroxylation is 2. The van der Waals surface area contributed by atoms with Gasteiger partial charge < -0.3 is 4.90 Å². The summed E-state index contributed by atoms with van der Waals surface area (Å²) in [5.41, 5.74) is 6.26. The Bertz CT molecular complexity index is 1150. The highest BCUT2D eigenvalue weighted by Crippen LogP contribution is 2.23. The smallest absolute Gasteiger partial charge is 0.219 e. The van der Waals surface area contributed by atoms with Gasteiger partial charge >= 0.3 is 0 Å². The van der Waals surface area contributed by atoms with Gasteiger partial charge in [-0.05, 0) is 65.6 Å². The molecule has 0 bridgehead atoms.